The fourth-order valence-corrected chi connectivity index (χ4v) is 2.66. The van der Waals surface area contributed by atoms with E-state index in [2.05, 4.69) is 11.9 Å². The molecule has 4 nitrogen and oxygen atoms in total. The molecule has 1 unspecified atom stereocenters. The summed E-state index contributed by atoms with van der Waals surface area (Å²) in [7, 11) is 0. The number of halogens is 4. The van der Waals surface area contributed by atoms with Gasteiger partial charge < -0.3 is 10.2 Å². The lowest BCUT2D eigenvalue weighted by molar-refractivity contribution is -0.182. The predicted octanol–water partition coefficient (Wildman–Crippen LogP) is 3.62. The molecule has 0 bridgehead atoms. The summed E-state index contributed by atoms with van der Waals surface area (Å²) in [6.45, 7) is 4.30. The first kappa shape index (κ1) is 19.0. The number of amides is 2. The summed E-state index contributed by atoms with van der Waals surface area (Å²) >= 11 is 0. The van der Waals surface area contributed by atoms with Gasteiger partial charge in [0.1, 0.15) is 0 Å². The van der Waals surface area contributed by atoms with E-state index in [4.69, 9.17) is 0 Å². The third-order valence-electron chi connectivity index (χ3n) is 4.11. The monoisotopic (exact) mass is 358 g/mol. The molecule has 2 rings (SSSR count). The van der Waals surface area contributed by atoms with E-state index < -0.39 is 17.9 Å². The van der Waals surface area contributed by atoms with Crippen LogP contribution in [0.3, 0.4) is 0 Å². The lowest BCUT2D eigenvalue weighted by Crippen LogP contribution is -2.40. The zero-order valence-electron chi connectivity index (χ0n) is 13.4. The van der Waals surface area contributed by atoms with Crippen LogP contribution in [-0.4, -0.2) is 36.0 Å². The summed E-state index contributed by atoms with van der Waals surface area (Å²) in [4.78, 5) is 25.3. The van der Waals surface area contributed by atoms with Crippen LogP contribution in [0.4, 0.5) is 23.2 Å². The van der Waals surface area contributed by atoms with Crippen LogP contribution >= 0.6 is 0 Å². The molecule has 0 aromatic heterocycles. The van der Waals surface area contributed by atoms with Crippen LogP contribution in [0.5, 0.6) is 0 Å². The van der Waals surface area contributed by atoms with Gasteiger partial charge in [-0.15, -0.1) is 0 Å². The van der Waals surface area contributed by atoms with Gasteiger partial charge in [-0.2, -0.15) is 13.2 Å². The van der Waals surface area contributed by atoms with Gasteiger partial charge in [0.25, 0.3) is 0 Å². The quantitative estimate of drug-likeness (QED) is 0.660. The maximum Gasteiger partial charge on any atom is 0.423 e. The molecule has 1 fully saturated rings. The normalized spacial score (nSPS) is 17.0. The molecule has 1 atom stereocenters. The Labute approximate surface area is 142 Å². The molecule has 136 valence electrons. The van der Waals surface area contributed by atoms with Crippen molar-refractivity contribution in [3.63, 3.8) is 0 Å². The smallest absolute Gasteiger partial charge is 0.339 e. The molecule has 1 aliphatic rings. The number of rotatable bonds is 4. The Morgan fingerprint density at radius 3 is 2.24 bits per heavy atom. The van der Waals surface area contributed by atoms with Crippen molar-refractivity contribution in [3.8, 4) is 0 Å². The van der Waals surface area contributed by atoms with Crippen molar-refractivity contribution in [1.29, 1.82) is 0 Å². The topological polar surface area (TPSA) is 49.4 Å². The highest BCUT2D eigenvalue weighted by molar-refractivity contribution is 5.93. The maximum atomic E-state index is 13.2. The second-order valence-corrected chi connectivity index (χ2v) is 5.82. The Kier molecular flexibility index (Phi) is 5.81. The molecule has 1 heterocycles. The molecule has 0 aliphatic carbocycles. The van der Waals surface area contributed by atoms with Crippen molar-refractivity contribution in [2.75, 3.05) is 18.4 Å². The third-order valence-corrected chi connectivity index (χ3v) is 4.11. The molecule has 0 spiro atoms. The van der Waals surface area contributed by atoms with Crippen molar-refractivity contribution < 1.29 is 27.2 Å². The Morgan fingerprint density at radius 1 is 1.20 bits per heavy atom. The number of piperidine rings is 1. The number of alkyl halides is 4. The zero-order valence-corrected chi connectivity index (χ0v) is 13.4. The van der Waals surface area contributed by atoms with E-state index in [0.29, 0.717) is 31.6 Å². The van der Waals surface area contributed by atoms with E-state index >= 15 is 0 Å². The molecule has 1 saturated heterocycles. The molecule has 0 saturated carbocycles. The Morgan fingerprint density at radius 2 is 1.76 bits per heavy atom. The molecular weight excluding hydrogens is 340 g/mol. The molecule has 1 aliphatic heterocycles. The lowest BCUT2D eigenvalue weighted by Gasteiger charge is -2.30. The average molecular weight is 358 g/mol. The minimum absolute atomic E-state index is 0.181. The second-order valence-electron chi connectivity index (χ2n) is 5.82. The van der Waals surface area contributed by atoms with Gasteiger partial charge in [-0.1, -0.05) is 18.7 Å². The number of benzene rings is 1. The van der Waals surface area contributed by atoms with Crippen molar-refractivity contribution >= 4 is 17.5 Å². The largest absolute Gasteiger partial charge is 0.423 e. The summed E-state index contributed by atoms with van der Waals surface area (Å²) in [5.74, 6) is -0.747. The number of carbonyl (C=O) groups excluding carboxylic acids is 2. The number of likely N-dealkylation sites (tertiary alicyclic amines) is 1. The minimum Gasteiger partial charge on any atom is -0.339 e. The van der Waals surface area contributed by atoms with E-state index in [0.717, 1.165) is 12.1 Å². The summed E-state index contributed by atoms with van der Waals surface area (Å²) in [6.07, 6.45) is -5.80. The van der Waals surface area contributed by atoms with Gasteiger partial charge in [-0.05, 0) is 36.6 Å². The summed E-state index contributed by atoms with van der Waals surface area (Å²) < 4.78 is 50.2. The fraction of sp³-hybridized carbons (Fsp3) is 0.412. The van der Waals surface area contributed by atoms with E-state index in [1.165, 1.54) is 18.2 Å². The van der Waals surface area contributed by atoms with Crippen molar-refractivity contribution in [1.82, 2.24) is 4.90 Å². The Bertz CT molecular complexity index is 635. The molecule has 2 amide bonds. The highest BCUT2D eigenvalue weighted by Crippen LogP contribution is 2.36. The van der Waals surface area contributed by atoms with Crippen LogP contribution in [-0.2, 0) is 9.59 Å². The maximum absolute atomic E-state index is 13.2. The van der Waals surface area contributed by atoms with Crippen molar-refractivity contribution in [2.24, 2.45) is 5.92 Å². The molecule has 0 radical (unpaired) electrons. The van der Waals surface area contributed by atoms with Gasteiger partial charge in [0.05, 0.1) is 0 Å². The van der Waals surface area contributed by atoms with Crippen LogP contribution in [0.25, 0.3) is 0 Å². The number of anilines is 1. The number of hydrogen-bond donors (Lipinski definition) is 1. The van der Waals surface area contributed by atoms with Gasteiger partial charge in [0.15, 0.2) is 0 Å². The molecule has 8 heteroatoms. The molecular formula is C17H18F4N2O2. The van der Waals surface area contributed by atoms with Gasteiger partial charge in [0.2, 0.25) is 18.0 Å². The predicted molar refractivity (Wildman–Crippen MR) is 84.5 cm³/mol. The number of nitrogens with zero attached hydrogens (tertiary/aromatic N) is 1. The van der Waals surface area contributed by atoms with Crippen LogP contribution < -0.4 is 5.32 Å². The third kappa shape index (κ3) is 4.80. The molecule has 25 heavy (non-hydrogen) atoms. The van der Waals surface area contributed by atoms with Gasteiger partial charge in [0, 0.05) is 24.7 Å². The highest BCUT2D eigenvalue weighted by atomic mass is 19.4. The first-order valence-corrected chi connectivity index (χ1v) is 7.75. The van der Waals surface area contributed by atoms with Gasteiger partial charge >= 0.3 is 6.18 Å². The molecule has 1 N–H and O–H groups in total. The standard InChI is InChI=1S/C17H18F4N2O2/c1-2-14(24)23-9-7-12(8-10-23)16(25)22-13-5-3-11(4-6-13)15(18)17(19,20)21/h2-6,12,15H,1,7-10H2,(H,22,25). The van der Waals surface area contributed by atoms with Crippen LogP contribution in [0.15, 0.2) is 36.9 Å². The lowest BCUT2D eigenvalue weighted by atomic mass is 9.95. The van der Waals surface area contributed by atoms with Crippen LogP contribution in [0.1, 0.15) is 24.6 Å². The first-order chi connectivity index (χ1) is 11.7. The molecule has 1 aromatic carbocycles. The van der Waals surface area contributed by atoms with E-state index in [1.54, 1.807) is 4.90 Å². The zero-order chi connectivity index (χ0) is 18.6. The van der Waals surface area contributed by atoms with Gasteiger partial charge in [-0.3, -0.25) is 9.59 Å². The summed E-state index contributed by atoms with van der Waals surface area (Å²) in [5.41, 5.74) is -0.213. The highest BCUT2D eigenvalue weighted by Gasteiger charge is 2.41. The van der Waals surface area contributed by atoms with Crippen LogP contribution in [0.2, 0.25) is 0 Å². The first-order valence-electron chi connectivity index (χ1n) is 7.75. The Balaban J connectivity index is 1.91. The number of hydrogen-bond acceptors (Lipinski definition) is 2. The SMILES string of the molecule is C=CC(=O)N1CCC(C(=O)Nc2ccc(C(F)C(F)(F)F)cc2)CC1. The van der Waals surface area contributed by atoms with E-state index in [9.17, 15) is 27.2 Å². The van der Waals surface area contributed by atoms with Crippen molar-refractivity contribution in [2.45, 2.75) is 25.2 Å². The van der Waals surface area contributed by atoms with Gasteiger partial charge in [-0.25, -0.2) is 4.39 Å². The minimum atomic E-state index is -4.96. The summed E-state index contributed by atoms with van der Waals surface area (Å²) in [5, 5.41) is 2.61. The number of carbonyl (C=O) groups is 2. The molecule has 1 aromatic rings. The second kappa shape index (κ2) is 7.67. The average Bonchev–Trinajstić information content (AvgIpc) is 2.60. The van der Waals surface area contributed by atoms with E-state index in [1.807, 2.05) is 0 Å². The summed E-state index contributed by atoms with van der Waals surface area (Å²) in [6, 6.07) is 4.47. The van der Waals surface area contributed by atoms with E-state index in [-0.39, 0.29) is 17.7 Å². The van der Waals surface area contributed by atoms with Crippen molar-refractivity contribution in [3.05, 3.63) is 42.5 Å². The fourth-order valence-electron chi connectivity index (χ4n) is 2.66. The Hall–Kier alpha value is -2.38. The van der Waals surface area contributed by atoms with Crippen LogP contribution in [0, 0.1) is 5.92 Å². The number of nitrogens with one attached hydrogen (secondary N) is 1.